The van der Waals surface area contributed by atoms with E-state index in [2.05, 4.69) is 205 Å². The first kappa shape index (κ1) is 31.4. The average Bonchev–Trinajstić information content (AvgIpc) is 3.83. The second kappa shape index (κ2) is 12.8. The van der Waals surface area contributed by atoms with Crippen LogP contribution in [-0.2, 0) is 6.42 Å². The van der Waals surface area contributed by atoms with E-state index in [0.717, 1.165) is 51.0 Å². The van der Waals surface area contributed by atoms with E-state index in [4.69, 9.17) is 4.42 Å². The lowest BCUT2D eigenvalue weighted by Crippen LogP contribution is -2.10. The largest absolute Gasteiger partial charge is 0.453 e. The molecule has 11 rings (SSSR count). The number of hydrogen-bond acceptors (Lipinski definition) is 2. The molecule has 0 spiro atoms. The Balaban J connectivity index is 1.14. The molecule has 10 aromatic rings. The van der Waals surface area contributed by atoms with E-state index in [0.29, 0.717) is 0 Å². The lowest BCUT2D eigenvalue weighted by Gasteiger charge is -2.26. The van der Waals surface area contributed by atoms with Crippen molar-refractivity contribution in [3.63, 3.8) is 0 Å². The summed E-state index contributed by atoms with van der Waals surface area (Å²) in [7, 11) is 0. The third kappa shape index (κ3) is 5.18. The average molecular weight is 702 g/mol. The first-order chi connectivity index (χ1) is 27.3. The van der Waals surface area contributed by atoms with Crippen LogP contribution in [-0.4, -0.2) is 0 Å². The number of benzene rings is 9. The molecule has 0 unspecified atom stereocenters. The molecule has 55 heavy (non-hydrogen) atoms. The number of rotatable bonds is 6. The first-order valence-electron chi connectivity index (χ1n) is 19.0. The van der Waals surface area contributed by atoms with Gasteiger partial charge in [0.2, 0.25) is 0 Å². The van der Waals surface area contributed by atoms with Gasteiger partial charge in [-0.05, 0) is 104 Å². The second-order valence-corrected chi connectivity index (χ2v) is 14.4. The summed E-state index contributed by atoms with van der Waals surface area (Å²) in [5.74, 6) is 0. The van der Waals surface area contributed by atoms with Gasteiger partial charge in [-0.3, -0.25) is 0 Å². The fourth-order valence-electron chi connectivity index (χ4n) is 8.71. The minimum Gasteiger partial charge on any atom is -0.453 e. The van der Waals surface area contributed by atoms with Crippen molar-refractivity contribution in [2.75, 3.05) is 4.90 Å². The Kier molecular flexibility index (Phi) is 7.28. The second-order valence-electron chi connectivity index (χ2n) is 14.4. The zero-order valence-electron chi connectivity index (χ0n) is 30.1. The standard InChI is InChI=1S/C53H35NO/c1-3-13-35(14-4-1)37-25-29-41(30-26-37)54(42-31-27-38(28-32-42)36-15-5-2-6-16-36)50-24-12-23-47-49-34-40-18-8-10-20-44(40)51(53(49)55-52(47)50)46-22-11-21-45-43-19-9-7-17-39(43)33-48(45)46/h1-32,34H,33H2. The fourth-order valence-corrected chi connectivity index (χ4v) is 8.71. The molecule has 0 atom stereocenters. The number of hydrogen-bond donors (Lipinski definition) is 0. The topological polar surface area (TPSA) is 16.4 Å². The van der Waals surface area contributed by atoms with Crippen molar-refractivity contribution in [3.8, 4) is 44.5 Å². The van der Waals surface area contributed by atoms with Crippen LogP contribution < -0.4 is 4.90 Å². The molecule has 1 aliphatic carbocycles. The Morgan fingerprint density at radius 1 is 0.382 bits per heavy atom. The number of furan rings is 1. The minimum atomic E-state index is 0.865. The maximum Gasteiger partial charge on any atom is 0.159 e. The van der Waals surface area contributed by atoms with Gasteiger partial charge < -0.3 is 9.32 Å². The van der Waals surface area contributed by atoms with E-state index in [1.807, 2.05) is 0 Å². The zero-order chi connectivity index (χ0) is 36.3. The quantitative estimate of drug-likeness (QED) is 0.172. The maximum absolute atomic E-state index is 7.28. The van der Waals surface area contributed by atoms with Crippen LogP contribution >= 0.6 is 0 Å². The van der Waals surface area contributed by atoms with Gasteiger partial charge >= 0.3 is 0 Å². The van der Waals surface area contributed by atoms with E-state index >= 15 is 0 Å². The van der Waals surface area contributed by atoms with Gasteiger partial charge in [0.25, 0.3) is 0 Å². The highest BCUT2D eigenvalue weighted by atomic mass is 16.3. The molecule has 0 saturated heterocycles. The van der Waals surface area contributed by atoms with Crippen LogP contribution in [0.25, 0.3) is 77.2 Å². The van der Waals surface area contributed by atoms with Crippen molar-refractivity contribution in [3.05, 3.63) is 211 Å². The molecule has 0 fully saturated rings. The number of anilines is 3. The molecule has 0 aliphatic heterocycles. The Morgan fingerprint density at radius 2 is 0.927 bits per heavy atom. The lowest BCUT2D eigenvalue weighted by molar-refractivity contribution is 0.670. The van der Waals surface area contributed by atoms with Gasteiger partial charge in [-0.1, -0.05) is 164 Å². The molecule has 0 saturated carbocycles. The third-order valence-electron chi connectivity index (χ3n) is 11.3. The van der Waals surface area contributed by atoms with Gasteiger partial charge in [-0.25, -0.2) is 0 Å². The van der Waals surface area contributed by atoms with Crippen molar-refractivity contribution in [2.45, 2.75) is 6.42 Å². The summed E-state index contributed by atoms with van der Waals surface area (Å²) in [6, 6.07) is 72.1. The Morgan fingerprint density at radius 3 is 1.64 bits per heavy atom. The van der Waals surface area contributed by atoms with Crippen molar-refractivity contribution in [1.82, 2.24) is 0 Å². The molecule has 258 valence electrons. The van der Waals surface area contributed by atoms with Crippen LogP contribution in [0.2, 0.25) is 0 Å². The molecular weight excluding hydrogens is 667 g/mol. The summed E-state index contributed by atoms with van der Waals surface area (Å²) in [6.07, 6.45) is 0.906. The van der Waals surface area contributed by atoms with Crippen LogP contribution in [0.5, 0.6) is 0 Å². The molecule has 1 heterocycles. The normalized spacial score (nSPS) is 11.9. The smallest absolute Gasteiger partial charge is 0.159 e. The van der Waals surface area contributed by atoms with Gasteiger partial charge in [0, 0.05) is 27.7 Å². The van der Waals surface area contributed by atoms with E-state index in [1.54, 1.807) is 0 Å². The van der Waals surface area contributed by atoms with Crippen molar-refractivity contribution < 1.29 is 4.42 Å². The van der Waals surface area contributed by atoms with Gasteiger partial charge in [0.15, 0.2) is 5.58 Å². The minimum absolute atomic E-state index is 0.865. The van der Waals surface area contributed by atoms with Gasteiger partial charge in [0.1, 0.15) is 5.58 Å². The lowest BCUT2D eigenvalue weighted by atomic mass is 9.90. The van der Waals surface area contributed by atoms with Crippen LogP contribution in [0.3, 0.4) is 0 Å². The van der Waals surface area contributed by atoms with Crippen LogP contribution in [0.1, 0.15) is 11.1 Å². The Hall–Kier alpha value is -7.16. The summed E-state index contributed by atoms with van der Waals surface area (Å²) in [5, 5.41) is 4.63. The summed E-state index contributed by atoms with van der Waals surface area (Å²) >= 11 is 0. The summed E-state index contributed by atoms with van der Waals surface area (Å²) in [6.45, 7) is 0. The number of nitrogens with zero attached hydrogens (tertiary/aromatic N) is 1. The summed E-state index contributed by atoms with van der Waals surface area (Å²) < 4.78 is 7.28. The van der Waals surface area contributed by atoms with E-state index in [-0.39, 0.29) is 0 Å². The zero-order valence-corrected chi connectivity index (χ0v) is 30.1. The van der Waals surface area contributed by atoms with Gasteiger partial charge in [-0.15, -0.1) is 0 Å². The number of fused-ring (bicyclic) bond motifs is 7. The maximum atomic E-state index is 7.28. The molecule has 9 aromatic carbocycles. The molecule has 0 N–H and O–H groups in total. The highest BCUT2D eigenvalue weighted by Crippen LogP contribution is 2.49. The third-order valence-corrected chi connectivity index (χ3v) is 11.3. The molecule has 1 aromatic heterocycles. The molecule has 2 nitrogen and oxygen atoms in total. The van der Waals surface area contributed by atoms with Crippen LogP contribution in [0.4, 0.5) is 17.1 Å². The van der Waals surface area contributed by atoms with Gasteiger partial charge in [0.05, 0.1) is 5.69 Å². The molecule has 0 bridgehead atoms. The van der Waals surface area contributed by atoms with Crippen molar-refractivity contribution in [1.29, 1.82) is 0 Å². The van der Waals surface area contributed by atoms with Crippen molar-refractivity contribution >= 4 is 49.8 Å². The molecule has 1 aliphatic rings. The SMILES string of the molecule is c1ccc(-c2ccc(N(c3ccc(-c4ccccc4)cc3)c3cccc4c3oc3c(-c5cccc6c5Cc5ccccc5-6)c5ccccc5cc34)cc2)cc1. The van der Waals surface area contributed by atoms with Gasteiger partial charge in [-0.2, -0.15) is 0 Å². The highest BCUT2D eigenvalue weighted by molar-refractivity contribution is 6.20. The van der Waals surface area contributed by atoms with E-state index in [9.17, 15) is 0 Å². The molecule has 0 amide bonds. The Labute approximate surface area is 320 Å². The first-order valence-corrected chi connectivity index (χ1v) is 19.0. The van der Waals surface area contributed by atoms with E-state index in [1.165, 1.54) is 60.8 Å². The molecular formula is C53H35NO. The number of para-hydroxylation sites is 1. The van der Waals surface area contributed by atoms with Crippen LogP contribution in [0.15, 0.2) is 205 Å². The predicted molar refractivity (Wildman–Crippen MR) is 230 cm³/mol. The van der Waals surface area contributed by atoms with E-state index < -0.39 is 0 Å². The fraction of sp³-hybridized carbons (Fsp3) is 0.0189. The monoisotopic (exact) mass is 701 g/mol. The van der Waals surface area contributed by atoms with Crippen LogP contribution in [0, 0.1) is 0 Å². The predicted octanol–water partition coefficient (Wildman–Crippen LogP) is 14.8. The van der Waals surface area contributed by atoms with Crippen molar-refractivity contribution in [2.24, 2.45) is 0 Å². The summed E-state index contributed by atoms with van der Waals surface area (Å²) in [4.78, 5) is 2.34. The molecule has 2 heteroatoms. The summed E-state index contributed by atoms with van der Waals surface area (Å²) in [5.41, 5.74) is 17.4. The highest BCUT2D eigenvalue weighted by Gasteiger charge is 2.26. The Bertz CT molecular complexity index is 2950. The molecule has 0 radical (unpaired) electrons.